The Kier molecular flexibility index (Phi) is 5.51. The summed E-state index contributed by atoms with van der Waals surface area (Å²) in [6, 6.07) is 11.6. The molecule has 1 saturated heterocycles. The van der Waals surface area contributed by atoms with Crippen molar-refractivity contribution in [3.05, 3.63) is 70.6 Å². The Morgan fingerprint density at radius 1 is 1.10 bits per heavy atom. The predicted molar refractivity (Wildman–Crippen MR) is 104 cm³/mol. The molecule has 5 nitrogen and oxygen atoms in total. The number of hydrogen-bond donors (Lipinski definition) is 0. The lowest BCUT2D eigenvalue weighted by Gasteiger charge is -2.30. The molecule has 4 rings (SSSR count). The van der Waals surface area contributed by atoms with Crippen LogP contribution in [-0.2, 0) is 6.18 Å². The van der Waals surface area contributed by atoms with Crippen molar-refractivity contribution in [3.8, 4) is 11.4 Å². The molecule has 1 fully saturated rings. The van der Waals surface area contributed by atoms with Gasteiger partial charge >= 0.3 is 6.18 Å². The van der Waals surface area contributed by atoms with Gasteiger partial charge in [-0.2, -0.15) is 18.2 Å². The molecule has 0 spiro atoms. The van der Waals surface area contributed by atoms with Crippen LogP contribution >= 0.6 is 11.6 Å². The fourth-order valence-corrected chi connectivity index (χ4v) is 3.58. The van der Waals surface area contributed by atoms with E-state index < -0.39 is 17.6 Å². The van der Waals surface area contributed by atoms with Gasteiger partial charge in [0.2, 0.25) is 11.7 Å². The van der Waals surface area contributed by atoms with Crippen molar-refractivity contribution < 1.29 is 22.5 Å². The molecule has 30 heavy (non-hydrogen) atoms. The number of nitrogens with zero attached hydrogens (tertiary/aromatic N) is 3. The molecule has 0 bridgehead atoms. The number of rotatable bonds is 3. The molecule has 2 heterocycles. The van der Waals surface area contributed by atoms with Gasteiger partial charge < -0.3 is 9.42 Å². The zero-order valence-electron chi connectivity index (χ0n) is 15.7. The monoisotopic (exact) mass is 435 g/mol. The van der Waals surface area contributed by atoms with E-state index in [-0.39, 0.29) is 11.5 Å². The number of aromatic nitrogens is 2. The average Bonchev–Trinajstić information content (AvgIpc) is 3.24. The lowest BCUT2D eigenvalue weighted by atomic mass is 9.96. The van der Waals surface area contributed by atoms with Gasteiger partial charge in [-0.15, -0.1) is 0 Å². The molecular formula is C21H17ClF3N3O2. The average molecular weight is 436 g/mol. The Hall–Kier alpha value is -2.87. The van der Waals surface area contributed by atoms with E-state index in [2.05, 4.69) is 10.1 Å². The summed E-state index contributed by atoms with van der Waals surface area (Å²) >= 11 is 5.89. The molecule has 1 aliphatic rings. The van der Waals surface area contributed by atoms with Crippen LogP contribution in [0.1, 0.15) is 40.6 Å². The Labute approximate surface area is 175 Å². The molecule has 0 saturated carbocycles. The van der Waals surface area contributed by atoms with Gasteiger partial charge in [-0.05, 0) is 55.3 Å². The van der Waals surface area contributed by atoms with Gasteiger partial charge in [-0.3, -0.25) is 4.79 Å². The Morgan fingerprint density at radius 2 is 1.80 bits per heavy atom. The van der Waals surface area contributed by atoms with Gasteiger partial charge in [0.25, 0.3) is 5.91 Å². The fourth-order valence-electron chi connectivity index (χ4n) is 3.46. The lowest BCUT2D eigenvalue weighted by molar-refractivity contribution is -0.137. The van der Waals surface area contributed by atoms with Gasteiger partial charge in [0.05, 0.1) is 5.56 Å². The van der Waals surface area contributed by atoms with Gasteiger partial charge in [0, 0.05) is 35.2 Å². The second kappa shape index (κ2) is 8.10. The van der Waals surface area contributed by atoms with Gasteiger partial charge in [0.15, 0.2) is 0 Å². The van der Waals surface area contributed by atoms with Gasteiger partial charge in [-0.25, -0.2) is 0 Å². The number of carbonyl (C=O) groups excluding carboxylic acids is 1. The fraction of sp³-hybridized carbons (Fsp3) is 0.286. The van der Waals surface area contributed by atoms with E-state index in [4.69, 9.17) is 16.1 Å². The van der Waals surface area contributed by atoms with Crippen molar-refractivity contribution >= 4 is 17.5 Å². The normalized spacial score (nSPS) is 15.4. The van der Waals surface area contributed by atoms with Crippen molar-refractivity contribution in [2.75, 3.05) is 13.1 Å². The van der Waals surface area contributed by atoms with Crippen LogP contribution in [-0.4, -0.2) is 34.0 Å². The summed E-state index contributed by atoms with van der Waals surface area (Å²) in [7, 11) is 0. The van der Waals surface area contributed by atoms with E-state index in [1.807, 2.05) is 0 Å². The van der Waals surface area contributed by atoms with Gasteiger partial charge in [-0.1, -0.05) is 22.8 Å². The summed E-state index contributed by atoms with van der Waals surface area (Å²) in [6.07, 6.45) is -3.30. The highest BCUT2D eigenvalue weighted by atomic mass is 35.5. The maximum absolute atomic E-state index is 12.9. The molecule has 0 atom stereocenters. The number of benzene rings is 2. The molecule has 0 unspecified atom stereocenters. The number of carbonyl (C=O) groups is 1. The highest BCUT2D eigenvalue weighted by Crippen LogP contribution is 2.32. The predicted octanol–water partition coefficient (Wildman–Crippen LogP) is 5.43. The number of piperidine rings is 1. The molecule has 3 aromatic rings. The quantitative estimate of drug-likeness (QED) is 0.550. The second-order valence-corrected chi connectivity index (χ2v) is 7.54. The number of likely N-dealkylation sites (tertiary alicyclic amines) is 1. The van der Waals surface area contributed by atoms with E-state index in [1.54, 1.807) is 29.2 Å². The van der Waals surface area contributed by atoms with Crippen molar-refractivity contribution in [1.82, 2.24) is 15.0 Å². The van der Waals surface area contributed by atoms with E-state index in [0.717, 1.165) is 17.7 Å². The summed E-state index contributed by atoms with van der Waals surface area (Å²) in [5.41, 5.74) is -0.0125. The van der Waals surface area contributed by atoms with Crippen LogP contribution in [0, 0.1) is 0 Å². The van der Waals surface area contributed by atoms with Crippen LogP contribution in [0.4, 0.5) is 13.2 Å². The third kappa shape index (κ3) is 4.33. The third-order valence-electron chi connectivity index (χ3n) is 5.11. The van der Waals surface area contributed by atoms with Crippen LogP contribution in [0.5, 0.6) is 0 Å². The van der Waals surface area contributed by atoms with E-state index >= 15 is 0 Å². The van der Waals surface area contributed by atoms with Crippen molar-refractivity contribution in [2.24, 2.45) is 0 Å². The minimum absolute atomic E-state index is 0.0101. The maximum atomic E-state index is 12.9. The SMILES string of the molecule is O=C(c1cccc(C(F)(F)F)c1)N1CCC(c2nc(-c3ccc(Cl)cc3)no2)CC1. The topological polar surface area (TPSA) is 59.2 Å². The van der Waals surface area contributed by atoms with E-state index in [9.17, 15) is 18.0 Å². The summed E-state index contributed by atoms with van der Waals surface area (Å²) in [4.78, 5) is 18.6. The Morgan fingerprint density at radius 3 is 2.47 bits per heavy atom. The summed E-state index contributed by atoms with van der Waals surface area (Å²) < 4.78 is 44.1. The van der Waals surface area contributed by atoms with Crippen molar-refractivity contribution in [1.29, 1.82) is 0 Å². The zero-order valence-corrected chi connectivity index (χ0v) is 16.5. The van der Waals surface area contributed by atoms with Crippen molar-refractivity contribution in [2.45, 2.75) is 24.9 Å². The van der Waals surface area contributed by atoms with Crippen LogP contribution in [0.15, 0.2) is 53.1 Å². The Bertz CT molecular complexity index is 1040. The molecule has 0 radical (unpaired) electrons. The summed E-state index contributed by atoms with van der Waals surface area (Å²) in [6.45, 7) is 0.802. The van der Waals surface area contributed by atoms with E-state index in [0.29, 0.717) is 42.7 Å². The first-order valence-corrected chi connectivity index (χ1v) is 9.75. The maximum Gasteiger partial charge on any atom is 0.416 e. The molecule has 0 N–H and O–H groups in total. The Balaban J connectivity index is 1.41. The second-order valence-electron chi connectivity index (χ2n) is 7.11. The number of hydrogen-bond acceptors (Lipinski definition) is 4. The largest absolute Gasteiger partial charge is 0.416 e. The summed E-state index contributed by atoms with van der Waals surface area (Å²) in [5, 5.41) is 4.62. The van der Waals surface area contributed by atoms with Crippen LogP contribution < -0.4 is 0 Å². The van der Waals surface area contributed by atoms with Crippen LogP contribution in [0.25, 0.3) is 11.4 Å². The molecule has 1 amide bonds. The number of halogens is 4. The number of amides is 1. The summed E-state index contributed by atoms with van der Waals surface area (Å²) in [5.74, 6) is 0.534. The minimum Gasteiger partial charge on any atom is -0.339 e. The smallest absolute Gasteiger partial charge is 0.339 e. The van der Waals surface area contributed by atoms with E-state index in [1.165, 1.54) is 12.1 Å². The van der Waals surface area contributed by atoms with Gasteiger partial charge in [0.1, 0.15) is 0 Å². The molecule has 2 aromatic carbocycles. The lowest BCUT2D eigenvalue weighted by Crippen LogP contribution is -2.38. The zero-order chi connectivity index (χ0) is 21.3. The highest BCUT2D eigenvalue weighted by molar-refractivity contribution is 6.30. The molecular weight excluding hydrogens is 419 g/mol. The molecule has 156 valence electrons. The highest BCUT2D eigenvalue weighted by Gasteiger charge is 2.32. The minimum atomic E-state index is -4.48. The molecule has 9 heteroatoms. The molecule has 1 aliphatic heterocycles. The molecule has 1 aromatic heterocycles. The van der Waals surface area contributed by atoms with Crippen LogP contribution in [0.2, 0.25) is 5.02 Å². The first-order chi connectivity index (χ1) is 14.3. The first-order valence-electron chi connectivity index (χ1n) is 9.37. The molecule has 0 aliphatic carbocycles. The van der Waals surface area contributed by atoms with Crippen molar-refractivity contribution in [3.63, 3.8) is 0 Å². The standard InChI is InChI=1S/C21H17ClF3N3O2/c22-17-6-4-13(5-7-17)18-26-19(30-27-18)14-8-10-28(11-9-14)20(29)15-2-1-3-16(12-15)21(23,24)25/h1-7,12,14H,8-11H2. The number of alkyl halides is 3. The van der Waals surface area contributed by atoms with Crippen LogP contribution in [0.3, 0.4) is 0 Å². The third-order valence-corrected chi connectivity index (χ3v) is 5.36. The first kappa shape index (κ1) is 20.4.